The zero-order valence-electron chi connectivity index (χ0n) is 15.5. The van der Waals surface area contributed by atoms with Crippen LogP contribution in [0.1, 0.15) is 5.76 Å². The van der Waals surface area contributed by atoms with E-state index in [0.29, 0.717) is 49.0 Å². The van der Waals surface area contributed by atoms with E-state index >= 15 is 0 Å². The molecule has 0 aliphatic carbocycles. The fraction of sp³-hybridized carbons (Fsp3) is 0.353. The Hall–Kier alpha value is -2.41. The van der Waals surface area contributed by atoms with Crippen molar-refractivity contribution in [2.24, 2.45) is 0 Å². The number of hydrogen-bond acceptors (Lipinski definition) is 9. The first-order valence-electron chi connectivity index (χ1n) is 8.76. The predicted octanol–water partition coefficient (Wildman–Crippen LogP) is 1.88. The van der Waals surface area contributed by atoms with Crippen LogP contribution in [0.4, 0.5) is 5.82 Å². The molecule has 12 heteroatoms. The number of fused-ring (bicyclic) bond motifs is 1. The number of rotatable bonds is 6. The molecular formula is C17H18N4O6S2. The minimum atomic E-state index is -3.62. The highest BCUT2D eigenvalue weighted by molar-refractivity contribution is 7.99. The molecule has 10 nitrogen and oxygen atoms in total. The number of carbonyl (C=O) groups excluding carboxylic acids is 1. The van der Waals surface area contributed by atoms with Gasteiger partial charge >= 0.3 is 0 Å². The number of ether oxygens (including phenoxy) is 1. The molecule has 3 heterocycles. The van der Waals surface area contributed by atoms with Gasteiger partial charge in [-0.1, -0.05) is 16.9 Å². The van der Waals surface area contributed by atoms with Crippen LogP contribution in [0.3, 0.4) is 0 Å². The molecule has 0 bridgehead atoms. The summed E-state index contributed by atoms with van der Waals surface area (Å²) < 4.78 is 42.6. The Morgan fingerprint density at radius 2 is 2.07 bits per heavy atom. The van der Waals surface area contributed by atoms with Crippen molar-refractivity contribution in [3.05, 3.63) is 30.0 Å². The maximum Gasteiger partial charge on any atom is 0.257 e. The van der Waals surface area contributed by atoms with E-state index in [0.717, 1.165) is 11.8 Å². The Balaban J connectivity index is 1.44. The van der Waals surface area contributed by atoms with Gasteiger partial charge < -0.3 is 19.0 Å². The second-order valence-electron chi connectivity index (χ2n) is 6.29. The van der Waals surface area contributed by atoms with Crippen LogP contribution < -0.4 is 5.32 Å². The summed E-state index contributed by atoms with van der Waals surface area (Å²) in [5, 5.41) is 6.57. The highest BCUT2D eigenvalue weighted by Gasteiger charge is 2.27. The first-order valence-corrected chi connectivity index (χ1v) is 11.2. The lowest BCUT2D eigenvalue weighted by atomic mass is 10.3. The second-order valence-corrected chi connectivity index (χ2v) is 9.15. The van der Waals surface area contributed by atoms with Crippen molar-refractivity contribution in [1.82, 2.24) is 14.4 Å². The van der Waals surface area contributed by atoms with Crippen LogP contribution in [0.25, 0.3) is 11.1 Å². The molecule has 4 rings (SSSR count). The molecule has 29 heavy (non-hydrogen) atoms. The summed E-state index contributed by atoms with van der Waals surface area (Å²) in [4.78, 5) is 16.4. The summed E-state index contributed by atoms with van der Waals surface area (Å²) >= 11 is 1.10. The molecule has 0 saturated carbocycles. The maximum atomic E-state index is 12.8. The van der Waals surface area contributed by atoms with Crippen LogP contribution in [0.15, 0.2) is 43.3 Å². The Labute approximate surface area is 170 Å². The number of amides is 1. The van der Waals surface area contributed by atoms with Crippen molar-refractivity contribution in [2.45, 2.75) is 17.0 Å². The second kappa shape index (κ2) is 8.14. The molecule has 2 aromatic heterocycles. The molecule has 0 spiro atoms. The summed E-state index contributed by atoms with van der Waals surface area (Å²) in [5.74, 6) is 0.692. The van der Waals surface area contributed by atoms with E-state index in [9.17, 15) is 13.2 Å². The quantitative estimate of drug-likeness (QED) is 0.574. The number of carbonyl (C=O) groups is 1. The minimum Gasteiger partial charge on any atom is -0.431 e. The molecular weight excluding hydrogens is 420 g/mol. The number of nitrogens with one attached hydrogen (secondary N) is 1. The molecule has 1 aliphatic heterocycles. The number of anilines is 1. The van der Waals surface area contributed by atoms with E-state index in [-0.39, 0.29) is 21.8 Å². The number of morpholine rings is 1. The third-order valence-corrected chi connectivity index (χ3v) is 6.89. The van der Waals surface area contributed by atoms with E-state index in [4.69, 9.17) is 13.7 Å². The molecule has 1 aliphatic rings. The van der Waals surface area contributed by atoms with Crippen molar-refractivity contribution in [1.29, 1.82) is 0 Å². The average Bonchev–Trinajstić information content (AvgIpc) is 3.31. The lowest BCUT2D eigenvalue weighted by molar-refractivity contribution is -0.113. The first-order chi connectivity index (χ1) is 13.9. The fourth-order valence-corrected chi connectivity index (χ4v) is 4.84. The third-order valence-electron chi connectivity index (χ3n) is 4.17. The SMILES string of the molecule is Cc1cc(NC(=O)CSc2nc3cc(S(=O)(=O)N4CCOCC4)ccc3o2)no1. The van der Waals surface area contributed by atoms with Crippen LogP contribution >= 0.6 is 11.8 Å². The molecule has 3 aromatic rings. The Bertz CT molecular complexity index is 1130. The van der Waals surface area contributed by atoms with Gasteiger partial charge in [0.25, 0.3) is 5.22 Å². The van der Waals surface area contributed by atoms with Crippen LogP contribution in [0.2, 0.25) is 0 Å². The topological polar surface area (TPSA) is 128 Å². The van der Waals surface area contributed by atoms with Gasteiger partial charge in [0.1, 0.15) is 11.3 Å². The van der Waals surface area contributed by atoms with Gasteiger partial charge in [-0.15, -0.1) is 0 Å². The van der Waals surface area contributed by atoms with Gasteiger partial charge in [-0.25, -0.2) is 13.4 Å². The van der Waals surface area contributed by atoms with Crippen LogP contribution in [-0.4, -0.2) is 60.8 Å². The number of aryl methyl sites for hydroxylation is 1. The van der Waals surface area contributed by atoms with Crippen LogP contribution in [0, 0.1) is 6.92 Å². The van der Waals surface area contributed by atoms with E-state index < -0.39 is 10.0 Å². The van der Waals surface area contributed by atoms with Crippen molar-refractivity contribution < 1.29 is 26.9 Å². The van der Waals surface area contributed by atoms with E-state index in [1.165, 1.54) is 16.4 Å². The number of thioether (sulfide) groups is 1. The largest absolute Gasteiger partial charge is 0.431 e. The van der Waals surface area contributed by atoms with Gasteiger partial charge in [0.05, 0.1) is 23.9 Å². The van der Waals surface area contributed by atoms with E-state index in [1.807, 2.05) is 0 Å². The number of nitrogens with zero attached hydrogens (tertiary/aromatic N) is 3. The monoisotopic (exact) mass is 438 g/mol. The van der Waals surface area contributed by atoms with E-state index in [1.54, 1.807) is 19.1 Å². The zero-order valence-corrected chi connectivity index (χ0v) is 17.1. The Morgan fingerprint density at radius 3 is 2.79 bits per heavy atom. The zero-order chi connectivity index (χ0) is 20.4. The average molecular weight is 438 g/mol. The van der Waals surface area contributed by atoms with Gasteiger partial charge in [0, 0.05) is 19.2 Å². The number of hydrogen-bond donors (Lipinski definition) is 1. The lowest BCUT2D eigenvalue weighted by Gasteiger charge is -2.25. The van der Waals surface area contributed by atoms with Crippen molar-refractivity contribution in [3.8, 4) is 0 Å². The smallest absolute Gasteiger partial charge is 0.257 e. The number of sulfonamides is 1. The van der Waals surface area contributed by atoms with Crippen molar-refractivity contribution in [2.75, 3.05) is 37.4 Å². The highest BCUT2D eigenvalue weighted by Crippen LogP contribution is 2.27. The molecule has 1 amide bonds. The highest BCUT2D eigenvalue weighted by atomic mass is 32.2. The van der Waals surface area contributed by atoms with Crippen molar-refractivity contribution >= 4 is 44.6 Å². The first kappa shape index (κ1) is 19.9. The summed E-state index contributed by atoms with van der Waals surface area (Å²) in [7, 11) is -3.62. The summed E-state index contributed by atoms with van der Waals surface area (Å²) in [5.41, 5.74) is 0.857. The van der Waals surface area contributed by atoms with Gasteiger partial charge in [-0.05, 0) is 25.1 Å². The molecule has 1 N–H and O–H groups in total. The van der Waals surface area contributed by atoms with Gasteiger partial charge in [-0.2, -0.15) is 4.31 Å². The fourth-order valence-electron chi connectivity index (χ4n) is 2.78. The molecule has 154 valence electrons. The number of aromatic nitrogens is 2. The normalized spacial score (nSPS) is 15.6. The summed E-state index contributed by atoms with van der Waals surface area (Å²) in [6, 6.07) is 6.15. The van der Waals surface area contributed by atoms with Crippen LogP contribution in [0.5, 0.6) is 0 Å². The molecule has 1 aromatic carbocycles. The Morgan fingerprint density at radius 1 is 1.28 bits per heavy atom. The van der Waals surface area contributed by atoms with Crippen LogP contribution in [-0.2, 0) is 19.6 Å². The standard InChI is InChI=1S/C17H18N4O6S2/c1-11-8-15(20-27-11)19-16(22)10-28-17-18-13-9-12(2-3-14(13)26-17)29(23,24)21-4-6-25-7-5-21/h2-3,8-9H,4-7,10H2,1H3,(H,19,20,22). The molecule has 0 atom stereocenters. The lowest BCUT2D eigenvalue weighted by Crippen LogP contribution is -2.40. The maximum absolute atomic E-state index is 12.8. The minimum absolute atomic E-state index is 0.0532. The molecule has 0 radical (unpaired) electrons. The van der Waals surface area contributed by atoms with E-state index in [2.05, 4.69) is 15.5 Å². The predicted molar refractivity (Wildman–Crippen MR) is 104 cm³/mol. The van der Waals surface area contributed by atoms with Gasteiger partial charge in [0.15, 0.2) is 11.4 Å². The van der Waals surface area contributed by atoms with Gasteiger partial charge in [0.2, 0.25) is 15.9 Å². The molecule has 1 fully saturated rings. The molecule has 1 saturated heterocycles. The van der Waals surface area contributed by atoms with Crippen molar-refractivity contribution in [3.63, 3.8) is 0 Å². The summed E-state index contributed by atoms with van der Waals surface area (Å²) in [6.07, 6.45) is 0. The summed E-state index contributed by atoms with van der Waals surface area (Å²) in [6.45, 7) is 3.12. The number of benzene rings is 1. The Kier molecular flexibility index (Phi) is 5.58. The third kappa shape index (κ3) is 4.45. The van der Waals surface area contributed by atoms with Gasteiger partial charge in [-0.3, -0.25) is 4.79 Å². The number of oxazole rings is 1. The molecule has 0 unspecified atom stereocenters.